The summed E-state index contributed by atoms with van der Waals surface area (Å²) in [4.78, 5) is 25.1. The lowest BCUT2D eigenvalue weighted by Crippen LogP contribution is -2.43. The Morgan fingerprint density at radius 1 is 1.31 bits per heavy atom. The predicted molar refractivity (Wildman–Crippen MR) is 101 cm³/mol. The second kappa shape index (κ2) is 8.64. The molecule has 2 atom stereocenters. The number of sulfonamides is 1. The van der Waals surface area contributed by atoms with E-state index in [1.807, 2.05) is 13.8 Å². The van der Waals surface area contributed by atoms with Crippen molar-refractivity contribution in [3.63, 3.8) is 0 Å². The van der Waals surface area contributed by atoms with Crippen LogP contribution in [-0.4, -0.2) is 49.9 Å². The Labute approximate surface area is 155 Å². The lowest BCUT2D eigenvalue weighted by atomic mass is 9.98. The van der Waals surface area contributed by atoms with Crippen molar-refractivity contribution in [3.05, 3.63) is 29.8 Å². The molecule has 1 aliphatic heterocycles. The first-order chi connectivity index (χ1) is 12.2. The summed E-state index contributed by atoms with van der Waals surface area (Å²) in [6, 6.07) is 6.87. The molecule has 2 amide bonds. The molecule has 144 valence electrons. The molecular weight excluding hydrogens is 354 g/mol. The summed E-state index contributed by atoms with van der Waals surface area (Å²) in [7, 11) is -3.31. The maximum Gasteiger partial charge on any atom is 0.253 e. The number of amides is 2. The minimum atomic E-state index is -3.31. The van der Waals surface area contributed by atoms with Crippen molar-refractivity contribution in [1.82, 2.24) is 9.62 Å². The molecule has 1 fully saturated rings. The van der Waals surface area contributed by atoms with Crippen LogP contribution in [-0.2, 0) is 14.8 Å². The second-order valence-electron chi connectivity index (χ2n) is 6.78. The average molecular weight is 381 g/mol. The van der Waals surface area contributed by atoms with Gasteiger partial charge in [-0.15, -0.1) is 0 Å². The quantitative estimate of drug-likeness (QED) is 0.786. The third-order valence-electron chi connectivity index (χ3n) is 4.64. The molecule has 7 nitrogen and oxygen atoms in total. The minimum absolute atomic E-state index is 0.0351. The van der Waals surface area contributed by atoms with Crippen molar-refractivity contribution in [2.75, 3.05) is 24.7 Å². The number of nitrogens with one attached hydrogen (secondary N) is 2. The van der Waals surface area contributed by atoms with Gasteiger partial charge >= 0.3 is 0 Å². The molecule has 0 saturated carbocycles. The van der Waals surface area contributed by atoms with Crippen LogP contribution in [0, 0.1) is 5.92 Å². The Balaban J connectivity index is 2.11. The molecule has 1 aliphatic rings. The number of benzene rings is 1. The van der Waals surface area contributed by atoms with E-state index in [0.29, 0.717) is 30.6 Å². The summed E-state index contributed by atoms with van der Waals surface area (Å²) in [5, 5.41) is 5.69. The first-order valence-corrected chi connectivity index (χ1v) is 10.7. The third kappa shape index (κ3) is 5.28. The van der Waals surface area contributed by atoms with Crippen molar-refractivity contribution >= 4 is 27.5 Å². The van der Waals surface area contributed by atoms with Gasteiger partial charge in [0, 0.05) is 19.1 Å². The van der Waals surface area contributed by atoms with Crippen LogP contribution >= 0.6 is 0 Å². The molecule has 0 aliphatic carbocycles. The smallest absolute Gasteiger partial charge is 0.253 e. The number of carbonyl (C=O) groups excluding carboxylic acids is 2. The molecule has 26 heavy (non-hydrogen) atoms. The Kier molecular flexibility index (Phi) is 6.77. The van der Waals surface area contributed by atoms with Gasteiger partial charge in [-0.2, -0.15) is 0 Å². The number of carbonyl (C=O) groups is 2. The van der Waals surface area contributed by atoms with Crippen molar-refractivity contribution < 1.29 is 18.0 Å². The summed E-state index contributed by atoms with van der Waals surface area (Å²) >= 11 is 0. The highest BCUT2D eigenvalue weighted by Crippen LogP contribution is 2.22. The van der Waals surface area contributed by atoms with Crippen LogP contribution in [0.25, 0.3) is 0 Å². The summed E-state index contributed by atoms with van der Waals surface area (Å²) in [6.07, 6.45) is 3.23. The molecule has 0 spiro atoms. The van der Waals surface area contributed by atoms with E-state index in [9.17, 15) is 18.0 Å². The molecule has 1 aromatic rings. The third-order valence-corrected chi connectivity index (χ3v) is 5.91. The normalized spacial score (nSPS) is 19.6. The van der Waals surface area contributed by atoms with E-state index in [4.69, 9.17) is 0 Å². The Morgan fingerprint density at radius 3 is 2.65 bits per heavy atom. The van der Waals surface area contributed by atoms with Gasteiger partial charge in [-0.05, 0) is 38.3 Å². The molecule has 1 saturated heterocycles. The average Bonchev–Trinajstić information content (AvgIpc) is 2.61. The van der Waals surface area contributed by atoms with E-state index >= 15 is 0 Å². The molecular formula is C18H27N3O4S. The van der Waals surface area contributed by atoms with E-state index in [2.05, 4.69) is 10.6 Å². The molecule has 0 unspecified atom stereocenters. The highest BCUT2D eigenvalue weighted by atomic mass is 32.2. The number of hydrogen-bond acceptors (Lipinski definition) is 4. The first kappa shape index (κ1) is 20.4. The number of rotatable bonds is 6. The summed E-state index contributed by atoms with van der Waals surface area (Å²) in [6.45, 7) is 4.51. The molecule has 0 aromatic heterocycles. The molecule has 0 bridgehead atoms. The van der Waals surface area contributed by atoms with Gasteiger partial charge < -0.3 is 10.6 Å². The van der Waals surface area contributed by atoms with Crippen LogP contribution in [0.15, 0.2) is 24.3 Å². The maximum atomic E-state index is 12.6. The van der Waals surface area contributed by atoms with E-state index < -0.39 is 15.9 Å². The largest absolute Gasteiger partial charge is 0.350 e. The predicted octanol–water partition coefficient (Wildman–Crippen LogP) is 1.83. The number of piperidine rings is 1. The zero-order valence-electron chi connectivity index (χ0n) is 15.5. The molecule has 2 rings (SSSR count). The summed E-state index contributed by atoms with van der Waals surface area (Å²) in [5.74, 6) is -0.928. The number of para-hydroxylation sites is 1. The Hall–Kier alpha value is -1.93. The van der Waals surface area contributed by atoms with Gasteiger partial charge in [-0.25, -0.2) is 12.7 Å². The van der Waals surface area contributed by atoms with Gasteiger partial charge in [0.25, 0.3) is 5.91 Å². The van der Waals surface area contributed by atoms with E-state index in [-0.39, 0.29) is 24.4 Å². The van der Waals surface area contributed by atoms with Gasteiger partial charge in [0.05, 0.1) is 23.4 Å². The molecule has 2 N–H and O–H groups in total. The van der Waals surface area contributed by atoms with Crippen LogP contribution in [0.3, 0.4) is 0 Å². The topological polar surface area (TPSA) is 95.6 Å². The van der Waals surface area contributed by atoms with Crippen LogP contribution in [0.4, 0.5) is 5.69 Å². The molecule has 0 radical (unpaired) electrons. The van der Waals surface area contributed by atoms with Gasteiger partial charge in [-0.1, -0.05) is 19.1 Å². The molecule has 1 heterocycles. The zero-order chi connectivity index (χ0) is 19.3. The van der Waals surface area contributed by atoms with Crippen LogP contribution in [0.5, 0.6) is 0 Å². The number of anilines is 1. The van der Waals surface area contributed by atoms with E-state index in [1.165, 1.54) is 4.31 Å². The lowest BCUT2D eigenvalue weighted by molar-refractivity contribution is -0.120. The fourth-order valence-electron chi connectivity index (χ4n) is 2.89. The molecule has 8 heteroatoms. The van der Waals surface area contributed by atoms with E-state index in [0.717, 1.165) is 12.7 Å². The summed E-state index contributed by atoms with van der Waals surface area (Å²) < 4.78 is 24.8. The van der Waals surface area contributed by atoms with Crippen molar-refractivity contribution in [3.8, 4) is 0 Å². The summed E-state index contributed by atoms with van der Waals surface area (Å²) in [5.41, 5.74) is 0.840. The highest BCUT2D eigenvalue weighted by Gasteiger charge is 2.30. The van der Waals surface area contributed by atoms with Crippen LogP contribution in [0.1, 0.15) is 43.5 Å². The Bertz CT molecular complexity index is 763. The SMILES string of the molecule is CC[C@H](C)NC(=O)c1ccccc1NC(=O)[C@H]1CCCN(S(C)(=O)=O)C1. The first-order valence-electron chi connectivity index (χ1n) is 8.88. The fourth-order valence-corrected chi connectivity index (χ4v) is 3.80. The highest BCUT2D eigenvalue weighted by molar-refractivity contribution is 7.88. The van der Waals surface area contributed by atoms with Gasteiger partial charge in [-0.3, -0.25) is 9.59 Å². The number of nitrogens with zero attached hydrogens (tertiary/aromatic N) is 1. The van der Waals surface area contributed by atoms with Crippen LogP contribution < -0.4 is 10.6 Å². The van der Waals surface area contributed by atoms with Gasteiger partial charge in [0.2, 0.25) is 15.9 Å². The van der Waals surface area contributed by atoms with Gasteiger partial charge in [0.15, 0.2) is 0 Å². The van der Waals surface area contributed by atoms with Crippen molar-refractivity contribution in [1.29, 1.82) is 0 Å². The molecule has 1 aromatic carbocycles. The van der Waals surface area contributed by atoms with Crippen molar-refractivity contribution in [2.24, 2.45) is 5.92 Å². The van der Waals surface area contributed by atoms with Gasteiger partial charge in [0.1, 0.15) is 0 Å². The van der Waals surface area contributed by atoms with Crippen molar-refractivity contribution in [2.45, 2.75) is 39.2 Å². The standard InChI is InChI=1S/C18H27N3O4S/c1-4-13(2)19-18(23)15-9-5-6-10-16(15)20-17(22)14-8-7-11-21(12-14)26(3,24)25/h5-6,9-10,13-14H,4,7-8,11-12H2,1-3H3,(H,19,23)(H,20,22)/t13-,14-/m0/s1. The maximum absolute atomic E-state index is 12.6. The zero-order valence-corrected chi connectivity index (χ0v) is 16.3. The van der Waals surface area contributed by atoms with E-state index in [1.54, 1.807) is 24.3 Å². The number of hydrogen-bond donors (Lipinski definition) is 2. The van der Waals surface area contributed by atoms with Crippen LogP contribution in [0.2, 0.25) is 0 Å². The lowest BCUT2D eigenvalue weighted by Gasteiger charge is -2.30. The monoisotopic (exact) mass is 381 g/mol. The second-order valence-corrected chi connectivity index (χ2v) is 8.76. The fraction of sp³-hybridized carbons (Fsp3) is 0.556. The Morgan fingerprint density at radius 2 is 2.00 bits per heavy atom. The minimum Gasteiger partial charge on any atom is -0.350 e.